The largest absolute Gasteiger partial charge is 0.255 e. The SMILES string of the molecule is CC1CCCC(C)N1NCCCCC#N. The summed E-state index contributed by atoms with van der Waals surface area (Å²) in [5.41, 5.74) is 3.50. The zero-order chi connectivity index (χ0) is 11.1. The topological polar surface area (TPSA) is 39.1 Å². The predicted molar refractivity (Wildman–Crippen MR) is 62.1 cm³/mol. The molecule has 0 aromatic carbocycles. The summed E-state index contributed by atoms with van der Waals surface area (Å²) >= 11 is 0. The Kier molecular flexibility index (Phi) is 5.67. The third-order valence-electron chi connectivity index (χ3n) is 3.20. The normalized spacial score (nSPS) is 27.5. The summed E-state index contributed by atoms with van der Waals surface area (Å²) in [5, 5.41) is 10.8. The van der Waals surface area contributed by atoms with Crippen LogP contribution >= 0.6 is 0 Å². The number of rotatable bonds is 5. The zero-order valence-electron chi connectivity index (χ0n) is 10.00. The molecule has 0 aromatic rings. The molecule has 2 unspecified atom stereocenters. The van der Waals surface area contributed by atoms with E-state index in [4.69, 9.17) is 5.26 Å². The van der Waals surface area contributed by atoms with Gasteiger partial charge in [0, 0.05) is 25.0 Å². The molecule has 3 nitrogen and oxygen atoms in total. The number of hydrazine groups is 1. The summed E-state index contributed by atoms with van der Waals surface area (Å²) in [4.78, 5) is 0. The minimum atomic E-state index is 0.657. The van der Waals surface area contributed by atoms with Gasteiger partial charge in [0.15, 0.2) is 0 Å². The van der Waals surface area contributed by atoms with Crippen molar-refractivity contribution in [1.29, 1.82) is 5.26 Å². The molecule has 1 N–H and O–H groups in total. The van der Waals surface area contributed by atoms with Crippen molar-refractivity contribution in [3.8, 4) is 6.07 Å². The van der Waals surface area contributed by atoms with Crippen LogP contribution in [-0.4, -0.2) is 23.6 Å². The average Bonchev–Trinajstić information content (AvgIpc) is 2.21. The summed E-state index contributed by atoms with van der Waals surface area (Å²) < 4.78 is 0. The Morgan fingerprint density at radius 1 is 1.27 bits per heavy atom. The van der Waals surface area contributed by atoms with E-state index in [0.717, 1.165) is 19.4 Å². The molecule has 1 fully saturated rings. The molecule has 1 rings (SSSR count). The second-order valence-electron chi connectivity index (χ2n) is 4.56. The lowest BCUT2D eigenvalue weighted by Gasteiger charge is -2.39. The van der Waals surface area contributed by atoms with Gasteiger partial charge in [0.25, 0.3) is 0 Å². The van der Waals surface area contributed by atoms with Crippen LogP contribution in [0.5, 0.6) is 0 Å². The van der Waals surface area contributed by atoms with E-state index < -0.39 is 0 Å². The van der Waals surface area contributed by atoms with Crippen LogP contribution in [0.1, 0.15) is 52.4 Å². The molecule has 0 radical (unpaired) electrons. The monoisotopic (exact) mass is 209 g/mol. The third kappa shape index (κ3) is 4.19. The molecular formula is C12H23N3. The molecule has 2 atom stereocenters. The molecule has 15 heavy (non-hydrogen) atoms. The van der Waals surface area contributed by atoms with Crippen molar-refractivity contribution >= 4 is 0 Å². The van der Waals surface area contributed by atoms with Crippen molar-refractivity contribution in [2.75, 3.05) is 6.54 Å². The van der Waals surface area contributed by atoms with E-state index in [9.17, 15) is 0 Å². The van der Waals surface area contributed by atoms with Crippen LogP contribution in [0, 0.1) is 11.3 Å². The van der Waals surface area contributed by atoms with Crippen molar-refractivity contribution < 1.29 is 0 Å². The first kappa shape index (κ1) is 12.5. The quantitative estimate of drug-likeness (QED) is 0.707. The van der Waals surface area contributed by atoms with Crippen LogP contribution in [0.4, 0.5) is 0 Å². The fraction of sp³-hybridized carbons (Fsp3) is 0.917. The molecule has 0 spiro atoms. The van der Waals surface area contributed by atoms with Crippen molar-refractivity contribution in [2.45, 2.75) is 64.5 Å². The first-order chi connectivity index (χ1) is 7.25. The molecule has 0 amide bonds. The van der Waals surface area contributed by atoms with Crippen molar-refractivity contribution in [3.63, 3.8) is 0 Å². The van der Waals surface area contributed by atoms with Gasteiger partial charge in [-0.25, -0.2) is 5.01 Å². The zero-order valence-corrected chi connectivity index (χ0v) is 10.00. The van der Waals surface area contributed by atoms with Crippen LogP contribution in [0.2, 0.25) is 0 Å². The maximum atomic E-state index is 8.42. The van der Waals surface area contributed by atoms with Gasteiger partial charge in [-0.2, -0.15) is 5.26 Å². The summed E-state index contributed by atoms with van der Waals surface area (Å²) in [6.07, 6.45) is 6.76. The third-order valence-corrected chi connectivity index (χ3v) is 3.20. The number of nitriles is 1. The van der Waals surface area contributed by atoms with Gasteiger partial charge in [0.05, 0.1) is 6.07 Å². The summed E-state index contributed by atoms with van der Waals surface area (Å²) in [6, 6.07) is 3.50. The summed E-state index contributed by atoms with van der Waals surface area (Å²) in [6.45, 7) is 5.59. The molecule has 0 bridgehead atoms. The molecule has 0 saturated carbocycles. The van der Waals surface area contributed by atoms with E-state index in [1.54, 1.807) is 0 Å². The second-order valence-corrected chi connectivity index (χ2v) is 4.56. The van der Waals surface area contributed by atoms with Gasteiger partial charge in [-0.05, 0) is 39.5 Å². The van der Waals surface area contributed by atoms with Gasteiger partial charge in [-0.3, -0.25) is 5.43 Å². The van der Waals surface area contributed by atoms with Gasteiger partial charge < -0.3 is 0 Å². The predicted octanol–water partition coefficient (Wildman–Crippen LogP) is 2.45. The standard InChI is InChI=1S/C12H23N3/c1-11-7-6-8-12(2)15(11)14-10-5-3-4-9-13/h11-12,14H,3-8,10H2,1-2H3. The Morgan fingerprint density at radius 3 is 2.53 bits per heavy atom. The van der Waals surface area contributed by atoms with E-state index in [2.05, 4.69) is 30.4 Å². The molecule has 86 valence electrons. The smallest absolute Gasteiger partial charge is 0.0621 e. The Hall–Kier alpha value is -0.590. The van der Waals surface area contributed by atoms with E-state index >= 15 is 0 Å². The van der Waals surface area contributed by atoms with Crippen LogP contribution in [0.25, 0.3) is 0 Å². The highest BCUT2D eigenvalue weighted by Crippen LogP contribution is 2.20. The number of hydrogen-bond acceptors (Lipinski definition) is 3. The first-order valence-electron chi connectivity index (χ1n) is 6.14. The molecular weight excluding hydrogens is 186 g/mol. The fourth-order valence-electron chi connectivity index (χ4n) is 2.27. The lowest BCUT2D eigenvalue weighted by Crippen LogP contribution is -2.52. The fourth-order valence-corrected chi connectivity index (χ4v) is 2.27. The Bertz CT molecular complexity index is 199. The lowest BCUT2D eigenvalue weighted by atomic mass is 10.00. The highest BCUT2D eigenvalue weighted by molar-refractivity contribution is 4.76. The Balaban J connectivity index is 2.15. The molecule has 1 aliphatic rings. The van der Waals surface area contributed by atoms with E-state index in [0.29, 0.717) is 18.5 Å². The first-order valence-corrected chi connectivity index (χ1v) is 6.14. The molecule has 0 aromatic heterocycles. The van der Waals surface area contributed by atoms with Crippen molar-refractivity contribution in [1.82, 2.24) is 10.4 Å². The van der Waals surface area contributed by atoms with Crippen molar-refractivity contribution in [2.24, 2.45) is 0 Å². The number of piperidine rings is 1. The van der Waals surface area contributed by atoms with Gasteiger partial charge in [0.2, 0.25) is 0 Å². The number of hydrogen-bond donors (Lipinski definition) is 1. The van der Waals surface area contributed by atoms with E-state index in [1.807, 2.05) is 0 Å². The van der Waals surface area contributed by atoms with Gasteiger partial charge in [0.1, 0.15) is 0 Å². The second kappa shape index (κ2) is 6.81. The number of unbranched alkanes of at least 4 members (excludes halogenated alkanes) is 2. The Morgan fingerprint density at radius 2 is 1.93 bits per heavy atom. The molecule has 3 heteroatoms. The van der Waals surface area contributed by atoms with Crippen LogP contribution < -0.4 is 5.43 Å². The summed E-state index contributed by atoms with van der Waals surface area (Å²) in [5.74, 6) is 0. The molecule has 1 aliphatic heterocycles. The van der Waals surface area contributed by atoms with E-state index in [1.165, 1.54) is 19.3 Å². The highest BCUT2D eigenvalue weighted by atomic mass is 15.5. The van der Waals surface area contributed by atoms with Crippen LogP contribution in [0.15, 0.2) is 0 Å². The number of nitrogens with zero attached hydrogens (tertiary/aromatic N) is 2. The Labute approximate surface area is 93.4 Å². The lowest BCUT2D eigenvalue weighted by molar-refractivity contribution is 0.0460. The molecule has 0 aliphatic carbocycles. The van der Waals surface area contributed by atoms with Gasteiger partial charge >= 0.3 is 0 Å². The maximum Gasteiger partial charge on any atom is 0.0621 e. The van der Waals surface area contributed by atoms with Gasteiger partial charge in [-0.1, -0.05) is 6.42 Å². The van der Waals surface area contributed by atoms with E-state index in [-0.39, 0.29) is 0 Å². The van der Waals surface area contributed by atoms with Crippen molar-refractivity contribution in [3.05, 3.63) is 0 Å². The minimum Gasteiger partial charge on any atom is -0.255 e. The highest BCUT2D eigenvalue weighted by Gasteiger charge is 2.23. The van der Waals surface area contributed by atoms with Gasteiger partial charge in [-0.15, -0.1) is 0 Å². The number of nitrogens with one attached hydrogen (secondary N) is 1. The summed E-state index contributed by atoms with van der Waals surface area (Å²) in [7, 11) is 0. The maximum absolute atomic E-state index is 8.42. The minimum absolute atomic E-state index is 0.657. The van der Waals surface area contributed by atoms with Crippen LogP contribution in [-0.2, 0) is 0 Å². The molecule has 1 saturated heterocycles. The average molecular weight is 209 g/mol. The molecule has 1 heterocycles. The van der Waals surface area contributed by atoms with Crippen LogP contribution in [0.3, 0.4) is 0 Å².